The minimum atomic E-state index is -0.459. The van der Waals surface area contributed by atoms with Gasteiger partial charge in [-0.25, -0.2) is 4.68 Å². The monoisotopic (exact) mass is 408 g/mol. The maximum Gasteiger partial charge on any atom is 0.296 e. The Bertz CT molecular complexity index is 939. The summed E-state index contributed by atoms with van der Waals surface area (Å²) in [6, 6.07) is 17.7. The maximum absolute atomic E-state index is 12.5. The zero-order valence-corrected chi connectivity index (χ0v) is 17.2. The minimum absolute atomic E-state index is 0.101. The molecule has 29 heavy (non-hydrogen) atoms. The number of hydrogen-bond donors (Lipinski definition) is 2. The van der Waals surface area contributed by atoms with Crippen molar-refractivity contribution in [3.05, 3.63) is 71.5 Å². The molecule has 1 aromatic heterocycles. The van der Waals surface area contributed by atoms with Crippen LogP contribution in [0.25, 0.3) is 0 Å². The molecule has 0 aliphatic heterocycles. The number of rotatable bonds is 8. The molecule has 0 spiro atoms. The molecule has 2 aromatic carbocycles. The summed E-state index contributed by atoms with van der Waals surface area (Å²) < 4.78 is 1.44. The van der Waals surface area contributed by atoms with Gasteiger partial charge in [-0.3, -0.25) is 10.1 Å². The van der Waals surface area contributed by atoms with Crippen molar-refractivity contribution in [2.75, 3.05) is 5.32 Å². The predicted octanol–water partition coefficient (Wildman–Crippen LogP) is 3.58. The molecular formula is C21H24N6OS. The molecule has 0 saturated carbocycles. The van der Waals surface area contributed by atoms with E-state index in [1.165, 1.54) is 29.5 Å². The molecule has 7 nitrogen and oxygen atoms in total. The average molecular weight is 409 g/mol. The van der Waals surface area contributed by atoms with Crippen LogP contribution in [0.1, 0.15) is 47.9 Å². The summed E-state index contributed by atoms with van der Waals surface area (Å²) in [6.07, 6.45) is 4.71. The lowest BCUT2D eigenvalue weighted by atomic mass is 10.1. The smallest absolute Gasteiger partial charge is 0.296 e. The summed E-state index contributed by atoms with van der Waals surface area (Å²) in [4.78, 5) is 12.5. The van der Waals surface area contributed by atoms with Crippen molar-refractivity contribution < 1.29 is 4.79 Å². The molecule has 8 heteroatoms. The highest BCUT2D eigenvalue weighted by atomic mass is 32.1. The van der Waals surface area contributed by atoms with E-state index in [9.17, 15) is 4.79 Å². The first kappa shape index (κ1) is 20.6. The van der Waals surface area contributed by atoms with Gasteiger partial charge in [0.25, 0.3) is 5.91 Å². The zero-order valence-electron chi connectivity index (χ0n) is 16.3. The number of hydrogen-bond acceptors (Lipinski definition) is 5. The minimum Gasteiger partial charge on any atom is -0.332 e. The molecule has 0 fully saturated rings. The first-order valence-corrected chi connectivity index (χ1v) is 10.1. The first-order chi connectivity index (χ1) is 14.2. The summed E-state index contributed by atoms with van der Waals surface area (Å²) in [6.45, 7) is 2.60. The van der Waals surface area contributed by atoms with Gasteiger partial charge < -0.3 is 5.32 Å². The van der Waals surface area contributed by atoms with Gasteiger partial charge in [0.15, 0.2) is 5.11 Å². The van der Waals surface area contributed by atoms with Crippen molar-refractivity contribution in [3.8, 4) is 0 Å². The van der Waals surface area contributed by atoms with Crippen molar-refractivity contribution >= 4 is 28.9 Å². The van der Waals surface area contributed by atoms with E-state index in [0.717, 1.165) is 17.7 Å². The van der Waals surface area contributed by atoms with E-state index < -0.39 is 5.91 Å². The van der Waals surface area contributed by atoms with E-state index in [4.69, 9.17) is 12.2 Å². The van der Waals surface area contributed by atoms with Gasteiger partial charge in [-0.05, 0) is 58.7 Å². The van der Waals surface area contributed by atoms with E-state index in [-0.39, 0.29) is 10.9 Å². The fraction of sp³-hybridized carbons (Fsp3) is 0.286. The Labute approximate surface area is 175 Å². The van der Waals surface area contributed by atoms with Crippen LogP contribution in [0.15, 0.2) is 54.6 Å². The van der Waals surface area contributed by atoms with Crippen LogP contribution in [-0.4, -0.2) is 31.2 Å². The normalized spacial score (nSPS) is 10.5. The number of aromatic nitrogens is 4. The molecule has 0 radical (unpaired) electrons. The van der Waals surface area contributed by atoms with Crippen LogP contribution in [0, 0.1) is 0 Å². The number of thiocarbonyl (C=S) groups is 1. The van der Waals surface area contributed by atoms with Crippen molar-refractivity contribution in [2.45, 2.75) is 39.2 Å². The molecular weight excluding hydrogens is 384 g/mol. The second kappa shape index (κ2) is 10.4. The summed E-state index contributed by atoms with van der Waals surface area (Å²) in [5.74, 6) is -0.358. The van der Waals surface area contributed by atoms with Crippen molar-refractivity contribution in [1.29, 1.82) is 0 Å². The van der Waals surface area contributed by atoms with Gasteiger partial charge in [0.2, 0.25) is 5.82 Å². The van der Waals surface area contributed by atoms with Gasteiger partial charge in [0, 0.05) is 5.69 Å². The Kier molecular flexibility index (Phi) is 7.40. The zero-order chi connectivity index (χ0) is 20.5. The molecule has 1 amide bonds. The van der Waals surface area contributed by atoms with Crippen LogP contribution in [0.4, 0.5) is 5.69 Å². The Morgan fingerprint density at radius 1 is 1.03 bits per heavy atom. The third kappa shape index (κ3) is 6.18. The first-order valence-electron chi connectivity index (χ1n) is 9.67. The number of tetrazole rings is 1. The highest BCUT2D eigenvalue weighted by molar-refractivity contribution is 7.80. The van der Waals surface area contributed by atoms with Crippen LogP contribution in [0.5, 0.6) is 0 Å². The third-order valence-electron chi connectivity index (χ3n) is 4.42. The predicted molar refractivity (Wildman–Crippen MR) is 117 cm³/mol. The molecule has 150 valence electrons. The number of nitrogens with one attached hydrogen (secondary N) is 2. The van der Waals surface area contributed by atoms with E-state index >= 15 is 0 Å². The summed E-state index contributed by atoms with van der Waals surface area (Å²) in [7, 11) is 0. The highest BCUT2D eigenvalue weighted by Crippen LogP contribution is 2.12. The molecule has 0 unspecified atom stereocenters. The molecule has 3 aromatic rings. The Balaban J connectivity index is 1.55. The van der Waals surface area contributed by atoms with Gasteiger partial charge in [-0.15, -0.1) is 5.10 Å². The van der Waals surface area contributed by atoms with Crippen LogP contribution < -0.4 is 10.6 Å². The van der Waals surface area contributed by atoms with E-state index in [0.29, 0.717) is 6.54 Å². The van der Waals surface area contributed by atoms with Crippen LogP contribution in [-0.2, 0) is 13.0 Å². The number of anilines is 1. The van der Waals surface area contributed by atoms with Gasteiger partial charge in [0.1, 0.15) is 0 Å². The summed E-state index contributed by atoms with van der Waals surface area (Å²) in [5.41, 5.74) is 3.10. The number of carbonyl (C=O) groups excluding carboxylic acids is 1. The molecule has 0 aliphatic carbocycles. The molecule has 0 bridgehead atoms. The number of unbranched alkanes of at least 4 members (excludes halogenated alkanes) is 2. The Morgan fingerprint density at radius 2 is 1.79 bits per heavy atom. The summed E-state index contributed by atoms with van der Waals surface area (Å²) in [5, 5.41) is 17.2. The number of amides is 1. The van der Waals surface area contributed by atoms with Gasteiger partial charge in [-0.2, -0.15) is 0 Å². The van der Waals surface area contributed by atoms with Crippen LogP contribution in [0.2, 0.25) is 0 Å². The van der Waals surface area contributed by atoms with Crippen LogP contribution >= 0.6 is 12.2 Å². The second-order valence-corrected chi connectivity index (χ2v) is 7.12. The molecule has 2 N–H and O–H groups in total. The van der Waals surface area contributed by atoms with Gasteiger partial charge in [0.05, 0.1) is 6.54 Å². The van der Waals surface area contributed by atoms with Crippen LogP contribution in [0.3, 0.4) is 0 Å². The molecule has 0 aliphatic rings. The fourth-order valence-corrected chi connectivity index (χ4v) is 3.10. The molecule has 0 atom stereocenters. The van der Waals surface area contributed by atoms with E-state index in [1.54, 1.807) is 0 Å². The second-order valence-electron chi connectivity index (χ2n) is 6.71. The van der Waals surface area contributed by atoms with Crippen molar-refractivity contribution in [1.82, 2.24) is 25.5 Å². The molecule has 1 heterocycles. The van der Waals surface area contributed by atoms with Gasteiger partial charge >= 0.3 is 0 Å². The Morgan fingerprint density at radius 3 is 2.52 bits per heavy atom. The Hall–Kier alpha value is -3.13. The van der Waals surface area contributed by atoms with E-state index in [2.05, 4.69) is 45.2 Å². The van der Waals surface area contributed by atoms with Crippen molar-refractivity contribution in [3.63, 3.8) is 0 Å². The largest absolute Gasteiger partial charge is 0.332 e. The quantitative estimate of drug-likeness (QED) is 0.438. The maximum atomic E-state index is 12.5. The number of benzene rings is 2. The summed E-state index contributed by atoms with van der Waals surface area (Å²) >= 11 is 5.26. The average Bonchev–Trinajstić information content (AvgIpc) is 3.18. The standard InChI is InChI=1S/C21H24N6OS/c1-2-3-5-8-16-11-13-18(14-12-16)22-21(29)23-20(28)19-24-25-26-27(19)15-17-9-6-4-7-10-17/h4,6-7,9-14H,2-3,5,8,15H2,1H3,(H2,22,23,28,29). The van der Waals surface area contributed by atoms with E-state index in [1.807, 2.05) is 42.5 Å². The highest BCUT2D eigenvalue weighted by Gasteiger charge is 2.17. The lowest BCUT2D eigenvalue weighted by molar-refractivity contribution is 0.0962. The SMILES string of the molecule is CCCCCc1ccc(NC(=S)NC(=O)c2nnnn2Cc2ccccc2)cc1. The number of aryl methyl sites for hydroxylation is 1. The topological polar surface area (TPSA) is 84.7 Å². The molecule has 0 saturated heterocycles. The van der Waals surface area contributed by atoms with Gasteiger partial charge in [-0.1, -0.05) is 62.2 Å². The molecule has 3 rings (SSSR count). The lowest BCUT2D eigenvalue weighted by Crippen LogP contribution is -2.36. The fourth-order valence-electron chi connectivity index (χ4n) is 2.89. The lowest BCUT2D eigenvalue weighted by Gasteiger charge is -2.10. The third-order valence-corrected chi connectivity index (χ3v) is 4.62. The number of nitrogens with zero attached hydrogens (tertiary/aromatic N) is 4. The number of carbonyl (C=O) groups is 1. The van der Waals surface area contributed by atoms with Crippen molar-refractivity contribution in [2.24, 2.45) is 0 Å².